The van der Waals surface area contributed by atoms with Crippen LogP contribution in [0.2, 0.25) is 0 Å². The van der Waals surface area contributed by atoms with E-state index in [4.69, 9.17) is 9.84 Å². The van der Waals surface area contributed by atoms with Crippen LogP contribution in [-0.4, -0.2) is 64.9 Å². The van der Waals surface area contributed by atoms with E-state index in [2.05, 4.69) is 25.7 Å². The number of carbonyl (C=O) groups is 1. The van der Waals surface area contributed by atoms with Crippen LogP contribution in [0.25, 0.3) is 0 Å². The molecule has 1 aromatic rings. The fourth-order valence-electron chi connectivity index (χ4n) is 3.00. The zero-order valence-electron chi connectivity index (χ0n) is 14.7. The summed E-state index contributed by atoms with van der Waals surface area (Å²) >= 11 is 0. The van der Waals surface area contributed by atoms with Gasteiger partial charge < -0.3 is 19.8 Å². The van der Waals surface area contributed by atoms with Gasteiger partial charge in [-0.2, -0.15) is 0 Å². The number of aliphatic hydroxyl groups excluding tert-OH is 1. The van der Waals surface area contributed by atoms with E-state index in [9.17, 15) is 9.90 Å². The third-order valence-electron chi connectivity index (χ3n) is 4.49. The van der Waals surface area contributed by atoms with Gasteiger partial charge in [-0.25, -0.2) is 4.79 Å². The van der Waals surface area contributed by atoms with Crippen LogP contribution in [0, 0.1) is 5.41 Å². The van der Waals surface area contributed by atoms with E-state index in [-0.39, 0.29) is 18.1 Å². The number of rotatable bonds is 5. The average Bonchev–Trinajstić information content (AvgIpc) is 2.54. The van der Waals surface area contributed by atoms with Crippen molar-refractivity contribution >= 4 is 6.09 Å². The van der Waals surface area contributed by atoms with Crippen molar-refractivity contribution in [2.75, 3.05) is 32.8 Å². The topological polar surface area (TPSA) is 73.2 Å². The Hall–Kier alpha value is -1.79. The highest BCUT2D eigenvalue weighted by atomic mass is 16.5. The zero-order valence-corrected chi connectivity index (χ0v) is 14.7. The van der Waals surface area contributed by atoms with Crippen LogP contribution in [0.5, 0.6) is 5.75 Å². The summed E-state index contributed by atoms with van der Waals surface area (Å²) in [6.07, 6.45) is -0.838. The van der Waals surface area contributed by atoms with Crippen LogP contribution >= 0.6 is 0 Å². The predicted octanol–water partition coefficient (Wildman–Crippen LogP) is 2.27. The van der Waals surface area contributed by atoms with Gasteiger partial charge in [0.15, 0.2) is 0 Å². The van der Waals surface area contributed by atoms with Crippen molar-refractivity contribution in [2.24, 2.45) is 5.41 Å². The van der Waals surface area contributed by atoms with Crippen molar-refractivity contribution in [3.05, 3.63) is 29.8 Å². The molecule has 1 fully saturated rings. The minimum atomic E-state index is -0.838. The number of benzene rings is 1. The lowest BCUT2D eigenvalue weighted by Gasteiger charge is -2.45. The predicted molar refractivity (Wildman–Crippen MR) is 92.3 cm³/mol. The third-order valence-corrected chi connectivity index (χ3v) is 4.49. The normalized spacial score (nSPS) is 19.3. The first-order chi connectivity index (χ1) is 11.3. The molecule has 1 amide bonds. The lowest BCUT2D eigenvalue weighted by molar-refractivity contribution is 0.0179. The van der Waals surface area contributed by atoms with E-state index < -0.39 is 6.09 Å². The second-order valence-electron chi connectivity index (χ2n) is 7.31. The van der Waals surface area contributed by atoms with Gasteiger partial charge in [0, 0.05) is 26.2 Å². The number of piperazine rings is 1. The summed E-state index contributed by atoms with van der Waals surface area (Å²) in [6.45, 7) is 9.58. The quantitative estimate of drug-likeness (QED) is 0.863. The first-order valence-corrected chi connectivity index (χ1v) is 8.36. The van der Waals surface area contributed by atoms with E-state index in [1.807, 2.05) is 24.3 Å². The van der Waals surface area contributed by atoms with Gasteiger partial charge in [0.2, 0.25) is 0 Å². The molecule has 1 heterocycles. The van der Waals surface area contributed by atoms with Gasteiger partial charge in [-0.1, -0.05) is 32.9 Å². The number of aliphatic hydroxyl groups is 1. The van der Waals surface area contributed by atoms with E-state index in [0.717, 1.165) is 30.9 Å². The van der Waals surface area contributed by atoms with E-state index in [0.29, 0.717) is 13.2 Å². The van der Waals surface area contributed by atoms with Gasteiger partial charge >= 0.3 is 6.09 Å². The molecule has 134 valence electrons. The molecule has 1 aromatic carbocycles. The highest BCUT2D eigenvalue weighted by Crippen LogP contribution is 2.27. The van der Waals surface area contributed by atoms with E-state index in [1.165, 1.54) is 0 Å². The molecule has 1 saturated heterocycles. The van der Waals surface area contributed by atoms with Crippen molar-refractivity contribution in [3.63, 3.8) is 0 Å². The Morgan fingerprint density at radius 3 is 2.46 bits per heavy atom. The largest absolute Gasteiger partial charge is 0.492 e. The molecule has 1 aliphatic rings. The molecule has 0 bridgehead atoms. The van der Waals surface area contributed by atoms with Gasteiger partial charge in [-0.3, -0.25) is 4.90 Å². The molecule has 2 N–H and O–H groups in total. The fraction of sp³-hybridized carbons (Fsp3) is 0.611. The molecular formula is C18H28N2O4. The third kappa shape index (κ3) is 4.85. The van der Waals surface area contributed by atoms with Gasteiger partial charge in [0.05, 0.1) is 12.6 Å². The summed E-state index contributed by atoms with van der Waals surface area (Å²) in [5.74, 6) is 0.781. The first kappa shape index (κ1) is 18.5. The maximum Gasteiger partial charge on any atom is 0.407 e. The molecule has 0 spiro atoms. The molecule has 1 unspecified atom stereocenters. The Bertz CT molecular complexity index is 539. The Morgan fingerprint density at radius 1 is 1.25 bits per heavy atom. The summed E-state index contributed by atoms with van der Waals surface area (Å²) in [7, 11) is 0. The van der Waals surface area contributed by atoms with Gasteiger partial charge in [0.1, 0.15) is 12.4 Å². The smallest absolute Gasteiger partial charge is 0.407 e. The maximum atomic E-state index is 11.4. The van der Waals surface area contributed by atoms with E-state index >= 15 is 0 Å². The highest BCUT2D eigenvalue weighted by molar-refractivity contribution is 5.65. The van der Waals surface area contributed by atoms with Crippen molar-refractivity contribution in [1.82, 2.24) is 9.80 Å². The lowest BCUT2D eigenvalue weighted by atomic mass is 9.84. The number of carboxylic acid groups (broad SMARTS) is 1. The number of amides is 1. The van der Waals surface area contributed by atoms with Crippen LogP contribution in [-0.2, 0) is 6.61 Å². The fourth-order valence-corrected chi connectivity index (χ4v) is 3.00. The molecule has 6 heteroatoms. The van der Waals surface area contributed by atoms with Crippen LogP contribution in [0.4, 0.5) is 4.79 Å². The van der Waals surface area contributed by atoms with Gasteiger partial charge in [0.25, 0.3) is 0 Å². The van der Waals surface area contributed by atoms with Gasteiger partial charge in [-0.15, -0.1) is 0 Å². The number of ether oxygens (including phenoxy) is 1. The summed E-state index contributed by atoms with van der Waals surface area (Å²) in [5.41, 5.74) is 0.762. The molecule has 24 heavy (non-hydrogen) atoms. The minimum Gasteiger partial charge on any atom is -0.492 e. The van der Waals surface area contributed by atoms with Crippen LogP contribution in [0.1, 0.15) is 26.3 Å². The second kappa shape index (κ2) is 7.85. The van der Waals surface area contributed by atoms with Crippen molar-refractivity contribution in [1.29, 1.82) is 0 Å². The Labute approximate surface area is 143 Å². The Balaban J connectivity index is 1.85. The summed E-state index contributed by atoms with van der Waals surface area (Å²) in [4.78, 5) is 15.3. The van der Waals surface area contributed by atoms with Crippen molar-refractivity contribution < 1.29 is 19.7 Å². The first-order valence-electron chi connectivity index (χ1n) is 8.36. The van der Waals surface area contributed by atoms with Crippen LogP contribution in [0.3, 0.4) is 0 Å². The second-order valence-corrected chi connectivity index (χ2v) is 7.31. The average molecular weight is 336 g/mol. The van der Waals surface area contributed by atoms with Crippen molar-refractivity contribution in [2.45, 2.75) is 33.4 Å². The monoisotopic (exact) mass is 336 g/mol. The standard InChI is InChI=1S/C18H28N2O4/c1-18(2,3)16-12-19(8-9-20(16)17(22)23)10-11-24-15-6-4-14(13-21)5-7-15/h4-7,16,21H,8-13H2,1-3H3,(H,22,23). The van der Waals surface area contributed by atoms with Gasteiger partial charge in [-0.05, 0) is 23.1 Å². The molecule has 0 aliphatic carbocycles. The zero-order chi connectivity index (χ0) is 17.7. The van der Waals surface area contributed by atoms with Crippen LogP contribution < -0.4 is 4.74 Å². The molecule has 0 radical (unpaired) electrons. The summed E-state index contributed by atoms with van der Waals surface area (Å²) in [5, 5.41) is 18.4. The number of nitrogens with zero attached hydrogens (tertiary/aromatic N) is 2. The SMILES string of the molecule is CC(C)(C)C1CN(CCOc2ccc(CO)cc2)CCN1C(=O)O. The number of hydrogen-bond donors (Lipinski definition) is 2. The van der Waals surface area contributed by atoms with Crippen molar-refractivity contribution in [3.8, 4) is 5.75 Å². The number of hydrogen-bond acceptors (Lipinski definition) is 4. The molecule has 0 aromatic heterocycles. The van der Waals surface area contributed by atoms with E-state index in [1.54, 1.807) is 4.90 Å². The summed E-state index contributed by atoms with van der Waals surface area (Å²) in [6, 6.07) is 7.37. The Morgan fingerprint density at radius 2 is 1.92 bits per heavy atom. The molecular weight excluding hydrogens is 308 g/mol. The minimum absolute atomic E-state index is 0.0208. The molecule has 1 atom stereocenters. The lowest BCUT2D eigenvalue weighted by Crippen LogP contribution is -2.59. The van der Waals surface area contributed by atoms with Crippen LogP contribution in [0.15, 0.2) is 24.3 Å². The molecule has 1 aliphatic heterocycles. The molecule has 6 nitrogen and oxygen atoms in total. The molecule has 2 rings (SSSR count). The molecule has 0 saturated carbocycles. The highest BCUT2D eigenvalue weighted by Gasteiger charge is 2.37. The maximum absolute atomic E-state index is 11.4. The summed E-state index contributed by atoms with van der Waals surface area (Å²) < 4.78 is 5.75. The Kier molecular flexibility index (Phi) is 6.07.